The predicted octanol–water partition coefficient (Wildman–Crippen LogP) is 3.02. The van der Waals surface area contributed by atoms with Crippen LogP contribution in [0.2, 0.25) is 0 Å². The van der Waals surface area contributed by atoms with Crippen molar-refractivity contribution in [1.82, 2.24) is 4.57 Å². The normalized spacial score (nSPS) is 10.2. The molecule has 0 aliphatic heterocycles. The number of ether oxygens (including phenoxy) is 2. The molecule has 0 bridgehead atoms. The Hall–Kier alpha value is -4.85. The summed E-state index contributed by atoms with van der Waals surface area (Å²) < 4.78 is 11.0. The fraction of sp³-hybridized carbons (Fsp3) is 0.136. The summed E-state index contributed by atoms with van der Waals surface area (Å²) >= 11 is 0. The molecule has 1 heterocycles. The second kappa shape index (κ2) is 9.52. The summed E-state index contributed by atoms with van der Waals surface area (Å²) in [5.41, 5.74) is 7.73. The van der Waals surface area contributed by atoms with Crippen LogP contribution in [0, 0.1) is 21.4 Å². The maximum absolute atomic E-state index is 12.1. The molecule has 0 aliphatic carbocycles. The molecule has 168 valence electrons. The number of carbonyl (C=O) groups is 2. The molecule has 0 saturated carbocycles. The minimum absolute atomic E-state index is 0.0311. The molecule has 11 heteroatoms. The van der Waals surface area contributed by atoms with Crippen molar-refractivity contribution >= 4 is 29.0 Å². The molecule has 3 N–H and O–H groups in total. The Kier molecular flexibility index (Phi) is 6.59. The highest BCUT2D eigenvalue weighted by atomic mass is 16.6. The number of nitrogens with one attached hydrogen (secondary N) is 1. The van der Waals surface area contributed by atoms with Gasteiger partial charge in [-0.2, -0.15) is 5.26 Å². The molecule has 11 nitrogen and oxygen atoms in total. The minimum atomic E-state index is -0.703. The van der Waals surface area contributed by atoms with E-state index in [4.69, 9.17) is 15.2 Å². The Morgan fingerprint density at radius 1 is 1.15 bits per heavy atom. The Morgan fingerprint density at radius 2 is 1.82 bits per heavy atom. The van der Waals surface area contributed by atoms with Crippen LogP contribution in [-0.2, 0) is 16.0 Å². The largest absolute Gasteiger partial charge is 0.465 e. The first kappa shape index (κ1) is 22.8. The van der Waals surface area contributed by atoms with Gasteiger partial charge in [-0.3, -0.25) is 10.1 Å². The smallest absolute Gasteiger partial charge is 0.357 e. The van der Waals surface area contributed by atoms with Crippen LogP contribution in [0.4, 0.5) is 17.1 Å². The van der Waals surface area contributed by atoms with Crippen LogP contribution in [0.1, 0.15) is 32.0 Å². The van der Waals surface area contributed by atoms with Crippen LogP contribution in [0.25, 0.3) is 5.69 Å². The maximum atomic E-state index is 12.1. The van der Waals surface area contributed by atoms with E-state index >= 15 is 0 Å². The number of anilines is 2. The number of methoxy groups -OCH3 is 2. The fourth-order valence-corrected chi connectivity index (χ4v) is 3.17. The van der Waals surface area contributed by atoms with Gasteiger partial charge < -0.3 is 25.1 Å². The lowest BCUT2D eigenvalue weighted by atomic mass is 10.1. The summed E-state index contributed by atoms with van der Waals surface area (Å²) in [5, 5.41) is 23.3. The lowest BCUT2D eigenvalue weighted by Gasteiger charge is -2.12. The van der Waals surface area contributed by atoms with Crippen molar-refractivity contribution in [3.8, 4) is 11.8 Å². The number of non-ortho nitro benzene ring substituents is 1. The van der Waals surface area contributed by atoms with Crippen LogP contribution in [-0.4, -0.2) is 35.6 Å². The van der Waals surface area contributed by atoms with Gasteiger partial charge in [-0.15, -0.1) is 0 Å². The molecule has 3 rings (SSSR count). The first-order chi connectivity index (χ1) is 15.8. The Morgan fingerprint density at radius 3 is 2.39 bits per heavy atom. The summed E-state index contributed by atoms with van der Waals surface area (Å²) in [7, 11) is 2.42. The molecule has 1 aromatic heterocycles. The third kappa shape index (κ3) is 4.59. The van der Waals surface area contributed by atoms with Gasteiger partial charge in [0.15, 0.2) is 5.69 Å². The van der Waals surface area contributed by atoms with E-state index in [-0.39, 0.29) is 28.2 Å². The minimum Gasteiger partial charge on any atom is -0.465 e. The molecule has 0 saturated heterocycles. The summed E-state index contributed by atoms with van der Waals surface area (Å²) in [6.07, 6.45) is 1.45. The highest BCUT2D eigenvalue weighted by Crippen LogP contribution is 2.26. The number of nitrogen functional groups attached to an aromatic ring is 1. The van der Waals surface area contributed by atoms with Crippen LogP contribution in [0.15, 0.2) is 48.7 Å². The molecule has 0 fully saturated rings. The summed E-state index contributed by atoms with van der Waals surface area (Å²) in [6.45, 7) is 0.295. The van der Waals surface area contributed by atoms with Crippen molar-refractivity contribution in [3.05, 3.63) is 81.2 Å². The topological polar surface area (TPSA) is 163 Å². The number of benzene rings is 2. The van der Waals surface area contributed by atoms with Crippen LogP contribution in [0.5, 0.6) is 0 Å². The number of nitro benzene ring substituents is 1. The van der Waals surface area contributed by atoms with E-state index < -0.39 is 16.9 Å². The average Bonchev–Trinajstić information content (AvgIpc) is 3.17. The van der Waals surface area contributed by atoms with E-state index in [0.717, 1.165) is 11.6 Å². The number of nitriles is 1. The highest BCUT2D eigenvalue weighted by molar-refractivity contribution is 5.97. The van der Waals surface area contributed by atoms with Crippen molar-refractivity contribution in [1.29, 1.82) is 5.26 Å². The van der Waals surface area contributed by atoms with Gasteiger partial charge in [0.1, 0.15) is 6.07 Å². The van der Waals surface area contributed by atoms with E-state index in [0.29, 0.717) is 17.9 Å². The third-order valence-corrected chi connectivity index (χ3v) is 4.86. The van der Waals surface area contributed by atoms with Crippen LogP contribution >= 0.6 is 0 Å². The lowest BCUT2D eigenvalue weighted by molar-refractivity contribution is -0.384. The van der Waals surface area contributed by atoms with E-state index in [1.807, 2.05) is 6.07 Å². The molecule has 0 radical (unpaired) electrons. The van der Waals surface area contributed by atoms with Crippen molar-refractivity contribution < 1.29 is 24.0 Å². The van der Waals surface area contributed by atoms with Crippen LogP contribution in [0.3, 0.4) is 0 Å². The first-order valence-electron chi connectivity index (χ1n) is 9.49. The first-order valence-corrected chi connectivity index (χ1v) is 9.49. The number of nitro groups is 1. The zero-order chi connectivity index (χ0) is 24.1. The van der Waals surface area contributed by atoms with Gasteiger partial charge in [0.25, 0.3) is 5.69 Å². The van der Waals surface area contributed by atoms with E-state index in [1.54, 1.807) is 24.3 Å². The summed E-state index contributed by atoms with van der Waals surface area (Å²) in [6, 6.07) is 12.8. The van der Waals surface area contributed by atoms with Gasteiger partial charge in [-0.25, -0.2) is 9.59 Å². The van der Waals surface area contributed by atoms with Crippen LogP contribution < -0.4 is 11.1 Å². The molecule has 0 unspecified atom stereocenters. The maximum Gasteiger partial charge on any atom is 0.357 e. The number of esters is 2. The molecule has 0 atom stereocenters. The van der Waals surface area contributed by atoms with Crippen molar-refractivity contribution in [2.45, 2.75) is 6.54 Å². The molecule has 3 aromatic rings. The molecular formula is C22H19N5O6. The van der Waals surface area contributed by atoms with Gasteiger partial charge in [0.05, 0.1) is 36.0 Å². The van der Waals surface area contributed by atoms with Gasteiger partial charge >= 0.3 is 11.9 Å². The van der Waals surface area contributed by atoms with Crippen molar-refractivity contribution in [3.63, 3.8) is 0 Å². The lowest BCUT2D eigenvalue weighted by Crippen LogP contribution is -2.11. The van der Waals surface area contributed by atoms with Crippen molar-refractivity contribution in [2.24, 2.45) is 0 Å². The number of nitrogens with two attached hydrogens (primary N) is 1. The number of nitrogens with zero attached hydrogens (tertiary/aromatic N) is 3. The predicted molar refractivity (Wildman–Crippen MR) is 118 cm³/mol. The third-order valence-electron chi connectivity index (χ3n) is 4.86. The Balaban J connectivity index is 1.85. The zero-order valence-electron chi connectivity index (χ0n) is 17.7. The Labute approximate surface area is 188 Å². The second-order valence-corrected chi connectivity index (χ2v) is 6.78. The number of aromatic nitrogens is 1. The summed E-state index contributed by atoms with van der Waals surface area (Å²) in [4.78, 5) is 34.6. The molecule has 2 aromatic carbocycles. The SMILES string of the molecule is COC(=O)c1cc([N+](=O)[O-])ccc1NCc1ccc(-n2cc(C#N)c(N)c2C(=O)OC)cc1. The second-order valence-electron chi connectivity index (χ2n) is 6.78. The molecule has 33 heavy (non-hydrogen) atoms. The molecule has 0 spiro atoms. The number of rotatable bonds is 7. The van der Waals surface area contributed by atoms with E-state index in [9.17, 15) is 25.0 Å². The van der Waals surface area contributed by atoms with Crippen molar-refractivity contribution in [2.75, 3.05) is 25.3 Å². The van der Waals surface area contributed by atoms with Gasteiger partial charge in [0.2, 0.25) is 0 Å². The van der Waals surface area contributed by atoms with Gasteiger partial charge in [0, 0.05) is 36.2 Å². The standard InChI is InChI=1S/C22H19N5O6/c1-32-21(28)17-9-16(27(30)31)7-8-18(17)25-11-13-3-5-15(6-4-13)26-12-14(10-23)19(24)20(26)22(29)33-2/h3-9,12,25H,11,24H2,1-2H3. The van der Waals surface area contributed by atoms with Gasteiger partial charge in [-0.05, 0) is 23.8 Å². The molecule has 0 aliphatic rings. The number of hydrogen-bond acceptors (Lipinski definition) is 9. The zero-order valence-corrected chi connectivity index (χ0v) is 17.7. The van der Waals surface area contributed by atoms with E-state index in [1.165, 1.54) is 37.1 Å². The van der Waals surface area contributed by atoms with E-state index in [2.05, 4.69) is 5.32 Å². The number of carbonyl (C=O) groups excluding carboxylic acids is 2. The Bertz CT molecular complexity index is 1270. The quantitative estimate of drug-likeness (QED) is 0.313. The van der Waals surface area contributed by atoms with Gasteiger partial charge in [-0.1, -0.05) is 12.1 Å². The number of hydrogen-bond donors (Lipinski definition) is 2. The fourth-order valence-electron chi connectivity index (χ4n) is 3.17. The summed E-state index contributed by atoms with van der Waals surface area (Å²) in [5.74, 6) is -1.38. The monoisotopic (exact) mass is 449 g/mol. The molecular weight excluding hydrogens is 430 g/mol. The molecule has 0 amide bonds. The highest BCUT2D eigenvalue weighted by Gasteiger charge is 2.22. The average molecular weight is 449 g/mol.